The Morgan fingerprint density at radius 3 is 2.12 bits per heavy atom. The highest BCUT2D eigenvalue weighted by molar-refractivity contribution is 5.81. The Bertz CT molecular complexity index is 913. The molecule has 5 nitrogen and oxygen atoms in total. The molecule has 32 heavy (non-hydrogen) atoms. The fourth-order valence-electron chi connectivity index (χ4n) is 6.95. The van der Waals surface area contributed by atoms with Gasteiger partial charge >= 0.3 is 0 Å². The van der Waals surface area contributed by atoms with Gasteiger partial charge in [-0.1, -0.05) is 38.5 Å². The van der Waals surface area contributed by atoms with Crippen molar-refractivity contribution >= 4 is 16.9 Å². The van der Waals surface area contributed by atoms with Gasteiger partial charge in [-0.05, 0) is 70.1 Å². The first kappa shape index (κ1) is 21.9. The van der Waals surface area contributed by atoms with Gasteiger partial charge in [-0.15, -0.1) is 0 Å². The number of carbonyl (C=O) groups excluding carboxylic acids is 1. The fraction of sp³-hybridized carbons (Fsp3) is 0.741. The predicted molar refractivity (Wildman–Crippen MR) is 129 cm³/mol. The van der Waals surface area contributed by atoms with Crippen LogP contribution in [-0.4, -0.2) is 38.8 Å². The number of nitrogens with one attached hydrogen (secondary N) is 1. The van der Waals surface area contributed by atoms with Gasteiger partial charge in [0.05, 0.1) is 16.7 Å². The highest BCUT2D eigenvalue weighted by Crippen LogP contribution is 2.42. The zero-order chi connectivity index (χ0) is 22.1. The molecule has 0 radical (unpaired) electrons. The molecule has 2 aromatic heterocycles. The van der Waals surface area contributed by atoms with Crippen LogP contribution in [0.3, 0.4) is 0 Å². The van der Waals surface area contributed by atoms with Crippen molar-refractivity contribution in [3.8, 4) is 0 Å². The molecule has 5 heteroatoms. The minimum absolute atomic E-state index is 0.286. The lowest BCUT2D eigenvalue weighted by Crippen LogP contribution is -2.46. The Morgan fingerprint density at radius 1 is 0.938 bits per heavy atom. The van der Waals surface area contributed by atoms with Crippen LogP contribution in [0, 0.1) is 31.6 Å². The summed E-state index contributed by atoms with van der Waals surface area (Å²) in [5, 5.41) is 0. The molecule has 2 saturated carbocycles. The summed E-state index contributed by atoms with van der Waals surface area (Å²) in [7, 11) is 0. The van der Waals surface area contributed by atoms with E-state index in [1.165, 1.54) is 69.8 Å². The first-order valence-corrected chi connectivity index (χ1v) is 13.2. The number of piperidine rings is 1. The summed E-state index contributed by atoms with van der Waals surface area (Å²) in [4.78, 5) is 28.9. The van der Waals surface area contributed by atoms with Crippen LogP contribution in [0.1, 0.15) is 100 Å². The third-order valence-electron chi connectivity index (χ3n) is 8.70. The van der Waals surface area contributed by atoms with Gasteiger partial charge in [0, 0.05) is 30.8 Å². The third-order valence-corrected chi connectivity index (χ3v) is 8.70. The van der Waals surface area contributed by atoms with Crippen molar-refractivity contribution in [1.29, 1.82) is 0 Å². The van der Waals surface area contributed by atoms with Crippen LogP contribution in [-0.2, 0) is 4.79 Å². The van der Waals surface area contributed by atoms with E-state index in [4.69, 9.17) is 4.98 Å². The number of fused-ring (bicyclic) bond motifs is 1. The van der Waals surface area contributed by atoms with E-state index in [1.807, 2.05) is 20.0 Å². The lowest BCUT2D eigenvalue weighted by Gasteiger charge is -2.41. The number of rotatable bonds is 4. The van der Waals surface area contributed by atoms with Crippen LogP contribution < -0.4 is 0 Å². The normalized spacial score (nSPS) is 22.2. The van der Waals surface area contributed by atoms with Crippen molar-refractivity contribution in [3.63, 3.8) is 0 Å². The third kappa shape index (κ3) is 4.32. The van der Waals surface area contributed by atoms with Crippen molar-refractivity contribution in [1.82, 2.24) is 19.9 Å². The highest BCUT2D eigenvalue weighted by atomic mass is 16.2. The van der Waals surface area contributed by atoms with E-state index in [0.717, 1.165) is 48.5 Å². The number of hydrogen-bond donors (Lipinski definition) is 1. The minimum Gasteiger partial charge on any atom is -0.342 e. The summed E-state index contributed by atoms with van der Waals surface area (Å²) in [5.41, 5.74) is 4.44. The predicted octanol–water partition coefficient (Wildman–Crippen LogP) is 6.06. The van der Waals surface area contributed by atoms with Crippen molar-refractivity contribution in [2.45, 2.75) is 96.8 Å². The number of aromatic amines is 1. The summed E-state index contributed by atoms with van der Waals surface area (Å²) in [6.07, 6.45) is 17.2. The van der Waals surface area contributed by atoms with Gasteiger partial charge in [0.25, 0.3) is 0 Å². The first-order valence-electron chi connectivity index (χ1n) is 13.2. The molecule has 3 aliphatic rings. The average Bonchev–Trinajstić information content (AvgIpc) is 3.23. The standard InChI is InChI=1S/C27H40N4O/c1-18-25-26(30-19(2)29-25)23(17-28-18)20-13-15-31(16-14-20)27(32)24(21-9-5-3-6-10-21)22-11-7-4-8-12-22/h17,20-22,24H,3-16H2,1-2H3,(H,29,30). The smallest absolute Gasteiger partial charge is 0.226 e. The number of likely N-dealkylation sites (tertiary alicyclic amines) is 1. The highest BCUT2D eigenvalue weighted by Gasteiger charge is 2.39. The maximum Gasteiger partial charge on any atom is 0.226 e. The molecule has 0 aromatic carbocycles. The van der Waals surface area contributed by atoms with E-state index < -0.39 is 0 Å². The van der Waals surface area contributed by atoms with Crippen molar-refractivity contribution in [3.05, 3.63) is 23.3 Å². The maximum absolute atomic E-state index is 13.9. The van der Waals surface area contributed by atoms with Crippen LogP contribution in [0.5, 0.6) is 0 Å². The van der Waals surface area contributed by atoms with Gasteiger partial charge in [-0.3, -0.25) is 9.78 Å². The second-order valence-corrected chi connectivity index (χ2v) is 10.8. The van der Waals surface area contributed by atoms with E-state index in [2.05, 4.69) is 14.9 Å². The van der Waals surface area contributed by atoms with Crippen LogP contribution in [0.4, 0.5) is 0 Å². The van der Waals surface area contributed by atoms with Gasteiger partial charge in [-0.25, -0.2) is 4.98 Å². The molecule has 5 rings (SSSR count). The monoisotopic (exact) mass is 436 g/mol. The number of aryl methyl sites for hydroxylation is 2. The molecule has 1 saturated heterocycles. The number of aromatic nitrogens is 3. The minimum atomic E-state index is 0.286. The molecule has 0 spiro atoms. The zero-order valence-electron chi connectivity index (χ0n) is 20.0. The summed E-state index contributed by atoms with van der Waals surface area (Å²) in [5.74, 6) is 3.43. The van der Waals surface area contributed by atoms with Crippen LogP contribution >= 0.6 is 0 Å². The summed E-state index contributed by atoms with van der Waals surface area (Å²) < 4.78 is 0. The summed E-state index contributed by atoms with van der Waals surface area (Å²) in [6, 6.07) is 0. The Balaban J connectivity index is 1.30. The van der Waals surface area contributed by atoms with Gasteiger partial charge < -0.3 is 9.88 Å². The quantitative estimate of drug-likeness (QED) is 0.634. The topological polar surface area (TPSA) is 61.9 Å². The lowest BCUT2D eigenvalue weighted by atomic mass is 9.69. The van der Waals surface area contributed by atoms with Gasteiger partial charge in [-0.2, -0.15) is 0 Å². The van der Waals surface area contributed by atoms with E-state index in [-0.39, 0.29) is 5.92 Å². The molecule has 1 N–H and O–H groups in total. The Kier molecular flexibility index (Phi) is 6.52. The summed E-state index contributed by atoms with van der Waals surface area (Å²) >= 11 is 0. The van der Waals surface area contributed by atoms with E-state index in [0.29, 0.717) is 23.7 Å². The number of imidazole rings is 1. The van der Waals surface area contributed by atoms with Crippen molar-refractivity contribution < 1.29 is 4.79 Å². The molecular formula is C27H40N4O. The molecule has 174 valence electrons. The number of H-pyrrole nitrogens is 1. The number of amides is 1. The average molecular weight is 437 g/mol. The van der Waals surface area contributed by atoms with E-state index in [1.54, 1.807) is 0 Å². The SMILES string of the molecule is Cc1nc2c(C3CCN(C(=O)C(C4CCCCC4)C4CCCCC4)CC3)cnc(C)c2[nH]1. The molecule has 0 bridgehead atoms. The number of carbonyl (C=O) groups is 1. The Hall–Kier alpha value is -1.91. The second-order valence-electron chi connectivity index (χ2n) is 10.8. The molecular weight excluding hydrogens is 396 g/mol. The van der Waals surface area contributed by atoms with Gasteiger partial charge in [0.15, 0.2) is 0 Å². The zero-order valence-corrected chi connectivity index (χ0v) is 20.0. The maximum atomic E-state index is 13.9. The largest absolute Gasteiger partial charge is 0.342 e. The number of hydrogen-bond acceptors (Lipinski definition) is 3. The van der Waals surface area contributed by atoms with Crippen molar-refractivity contribution in [2.75, 3.05) is 13.1 Å². The Morgan fingerprint density at radius 2 is 1.53 bits per heavy atom. The van der Waals surface area contributed by atoms with Crippen LogP contribution in [0.15, 0.2) is 6.20 Å². The van der Waals surface area contributed by atoms with Gasteiger partial charge in [0.1, 0.15) is 5.82 Å². The molecule has 2 aliphatic carbocycles. The Labute approximate surface area is 192 Å². The molecule has 0 unspecified atom stereocenters. The molecule has 3 heterocycles. The van der Waals surface area contributed by atoms with Crippen molar-refractivity contribution in [2.24, 2.45) is 17.8 Å². The van der Waals surface area contributed by atoms with E-state index >= 15 is 0 Å². The first-order chi connectivity index (χ1) is 15.6. The molecule has 2 aromatic rings. The second kappa shape index (κ2) is 9.52. The molecule has 3 fully saturated rings. The fourth-order valence-corrected chi connectivity index (χ4v) is 6.95. The molecule has 1 amide bonds. The molecule has 1 aliphatic heterocycles. The molecule has 0 atom stereocenters. The van der Waals surface area contributed by atoms with Gasteiger partial charge in [0.2, 0.25) is 5.91 Å². The van der Waals surface area contributed by atoms with Crippen LogP contribution in [0.25, 0.3) is 11.0 Å². The summed E-state index contributed by atoms with van der Waals surface area (Å²) in [6.45, 7) is 5.83. The van der Waals surface area contributed by atoms with E-state index in [9.17, 15) is 4.79 Å². The number of pyridine rings is 1. The van der Waals surface area contributed by atoms with Crippen LogP contribution in [0.2, 0.25) is 0 Å². The number of nitrogens with zero attached hydrogens (tertiary/aromatic N) is 3. The lowest BCUT2D eigenvalue weighted by molar-refractivity contribution is -0.142.